The average Bonchev–Trinajstić information content (AvgIpc) is 2.85. The fourth-order valence-corrected chi connectivity index (χ4v) is 3.38. The molecule has 1 aliphatic rings. The van der Waals surface area contributed by atoms with Gasteiger partial charge in [0.15, 0.2) is 0 Å². The fraction of sp³-hybridized carbons (Fsp3) is 0.812. The highest BCUT2D eigenvalue weighted by Crippen LogP contribution is 2.20. The van der Waals surface area contributed by atoms with Gasteiger partial charge in [-0.2, -0.15) is 0 Å². The molecule has 3 heteroatoms. The largest absolute Gasteiger partial charge is 0.334 e. The van der Waals surface area contributed by atoms with Crippen LogP contribution >= 0.6 is 15.9 Å². The van der Waals surface area contributed by atoms with Gasteiger partial charge in [0.2, 0.25) is 0 Å². The summed E-state index contributed by atoms with van der Waals surface area (Å²) in [7, 11) is 0. The highest BCUT2D eigenvalue weighted by atomic mass is 79.9. The van der Waals surface area contributed by atoms with Gasteiger partial charge in [-0.25, -0.2) is 4.98 Å². The second-order valence-corrected chi connectivity index (χ2v) is 6.50. The van der Waals surface area contributed by atoms with E-state index in [0.717, 1.165) is 0 Å². The number of aromatic nitrogens is 2. The van der Waals surface area contributed by atoms with Crippen molar-refractivity contribution in [2.75, 3.05) is 5.33 Å². The molecule has 19 heavy (non-hydrogen) atoms. The summed E-state index contributed by atoms with van der Waals surface area (Å²) in [5, 5.41) is 1.17. The molecule has 0 aliphatic heterocycles. The standard InChI is InChI=1S/C16H27BrN2/c17-12-8-4-2-1-3-5-9-13-19-14-18-15-10-6-7-11-16(15)19/h14H,1-13H2. The van der Waals surface area contributed by atoms with Crippen molar-refractivity contribution in [3.8, 4) is 0 Å². The van der Waals surface area contributed by atoms with E-state index in [1.54, 1.807) is 0 Å². The van der Waals surface area contributed by atoms with Gasteiger partial charge in [-0.05, 0) is 38.5 Å². The smallest absolute Gasteiger partial charge is 0.0951 e. The van der Waals surface area contributed by atoms with E-state index < -0.39 is 0 Å². The van der Waals surface area contributed by atoms with Gasteiger partial charge in [0.1, 0.15) is 0 Å². The van der Waals surface area contributed by atoms with Crippen molar-refractivity contribution < 1.29 is 0 Å². The van der Waals surface area contributed by atoms with Gasteiger partial charge < -0.3 is 4.57 Å². The number of aryl methyl sites for hydroxylation is 2. The molecule has 0 spiro atoms. The van der Waals surface area contributed by atoms with Gasteiger partial charge in [-0.1, -0.05) is 48.0 Å². The predicted molar refractivity (Wildman–Crippen MR) is 85.0 cm³/mol. The Morgan fingerprint density at radius 1 is 0.947 bits per heavy atom. The fourth-order valence-electron chi connectivity index (χ4n) is 2.98. The summed E-state index contributed by atoms with van der Waals surface area (Å²) in [4.78, 5) is 4.56. The number of hydrogen-bond donors (Lipinski definition) is 0. The first kappa shape index (κ1) is 15.1. The Kier molecular flexibility index (Phi) is 6.97. The maximum atomic E-state index is 4.56. The molecule has 0 aromatic carbocycles. The monoisotopic (exact) mass is 326 g/mol. The molecule has 1 aromatic heterocycles. The number of unbranched alkanes of at least 4 members (excludes halogenated alkanes) is 6. The van der Waals surface area contributed by atoms with Crippen LogP contribution in [-0.4, -0.2) is 14.9 Å². The number of nitrogens with zero attached hydrogens (tertiary/aromatic N) is 2. The average molecular weight is 327 g/mol. The summed E-state index contributed by atoms with van der Waals surface area (Å²) in [6.07, 6.45) is 16.9. The molecule has 1 aromatic rings. The van der Waals surface area contributed by atoms with Gasteiger partial charge >= 0.3 is 0 Å². The molecule has 0 N–H and O–H groups in total. The summed E-state index contributed by atoms with van der Waals surface area (Å²) in [6.45, 7) is 1.18. The van der Waals surface area contributed by atoms with Crippen LogP contribution in [0.3, 0.4) is 0 Å². The lowest BCUT2D eigenvalue weighted by Gasteiger charge is -2.13. The highest BCUT2D eigenvalue weighted by molar-refractivity contribution is 9.09. The van der Waals surface area contributed by atoms with E-state index in [9.17, 15) is 0 Å². The van der Waals surface area contributed by atoms with E-state index in [2.05, 4.69) is 31.8 Å². The molecule has 0 atom stereocenters. The number of alkyl halides is 1. The Morgan fingerprint density at radius 2 is 1.63 bits per heavy atom. The molecule has 0 bridgehead atoms. The number of hydrogen-bond acceptors (Lipinski definition) is 1. The minimum absolute atomic E-state index is 1.17. The maximum Gasteiger partial charge on any atom is 0.0951 e. The quantitative estimate of drug-likeness (QED) is 0.466. The van der Waals surface area contributed by atoms with Crippen LogP contribution in [0.25, 0.3) is 0 Å². The van der Waals surface area contributed by atoms with Crippen molar-refractivity contribution in [3.63, 3.8) is 0 Å². The van der Waals surface area contributed by atoms with Gasteiger partial charge in [-0.3, -0.25) is 0 Å². The maximum absolute atomic E-state index is 4.56. The molecule has 0 saturated heterocycles. The summed E-state index contributed by atoms with van der Waals surface area (Å²) in [6, 6.07) is 0. The number of halogens is 1. The van der Waals surface area contributed by atoms with Crippen molar-refractivity contribution in [3.05, 3.63) is 17.7 Å². The summed E-state index contributed by atoms with van der Waals surface area (Å²) in [5.74, 6) is 0. The van der Waals surface area contributed by atoms with Gasteiger partial charge in [-0.15, -0.1) is 0 Å². The molecule has 0 amide bonds. The zero-order chi connectivity index (χ0) is 13.3. The Balaban J connectivity index is 1.57. The molecular formula is C16H27BrN2. The van der Waals surface area contributed by atoms with Crippen LogP contribution < -0.4 is 0 Å². The van der Waals surface area contributed by atoms with Crippen LogP contribution in [0.5, 0.6) is 0 Å². The van der Waals surface area contributed by atoms with Crippen molar-refractivity contribution in [1.29, 1.82) is 0 Å². The van der Waals surface area contributed by atoms with Crippen LogP contribution in [0.1, 0.15) is 69.2 Å². The van der Waals surface area contributed by atoms with Crippen molar-refractivity contribution in [1.82, 2.24) is 9.55 Å². The first-order chi connectivity index (χ1) is 9.42. The molecule has 0 radical (unpaired) electrons. The van der Waals surface area contributed by atoms with E-state index in [1.165, 1.54) is 93.9 Å². The molecule has 0 fully saturated rings. The molecule has 108 valence electrons. The minimum Gasteiger partial charge on any atom is -0.334 e. The lowest BCUT2D eigenvalue weighted by molar-refractivity contribution is 0.533. The van der Waals surface area contributed by atoms with E-state index in [1.807, 2.05) is 0 Å². The zero-order valence-electron chi connectivity index (χ0n) is 12.0. The highest BCUT2D eigenvalue weighted by Gasteiger charge is 2.14. The van der Waals surface area contributed by atoms with E-state index in [0.29, 0.717) is 0 Å². The van der Waals surface area contributed by atoms with Crippen molar-refractivity contribution in [2.45, 2.75) is 77.2 Å². The van der Waals surface area contributed by atoms with E-state index in [-0.39, 0.29) is 0 Å². The zero-order valence-corrected chi connectivity index (χ0v) is 13.6. The van der Waals surface area contributed by atoms with Gasteiger partial charge in [0, 0.05) is 17.6 Å². The SMILES string of the molecule is BrCCCCCCCCCn1cnc2c1CCCC2. The minimum atomic E-state index is 1.17. The van der Waals surface area contributed by atoms with Crippen LogP contribution in [-0.2, 0) is 19.4 Å². The molecule has 2 rings (SSSR count). The number of fused-ring (bicyclic) bond motifs is 1. The first-order valence-corrected chi connectivity index (χ1v) is 9.13. The Bertz CT molecular complexity index is 360. The molecule has 0 saturated carbocycles. The predicted octanol–water partition coefficient (Wildman–Crippen LogP) is 4.89. The first-order valence-electron chi connectivity index (χ1n) is 8.00. The third-order valence-corrected chi connectivity index (χ3v) is 4.70. The van der Waals surface area contributed by atoms with E-state index in [4.69, 9.17) is 0 Å². The van der Waals surface area contributed by atoms with Crippen LogP contribution in [0, 0.1) is 0 Å². The summed E-state index contributed by atoms with van der Waals surface area (Å²) in [5.41, 5.74) is 2.91. The van der Waals surface area contributed by atoms with Crippen LogP contribution in [0.4, 0.5) is 0 Å². The molecule has 0 unspecified atom stereocenters. The second kappa shape index (κ2) is 8.78. The summed E-state index contributed by atoms with van der Waals surface area (Å²) < 4.78 is 2.42. The normalized spacial score (nSPS) is 14.6. The Morgan fingerprint density at radius 3 is 2.42 bits per heavy atom. The summed E-state index contributed by atoms with van der Waals surface area (Å²) >= 11 is 3.49. The third kappa shape index (κ3) is 4.94. The molecular weight excluding hydrogens is 300 g/mol. The lowest BCUT2D eigenvalue weighted by atomic mass is 10.0. The van der Waals surface area contributed by atoms with E-state index >= 15 is 0 Å². The third-order valence-electron chi connectivity index (χ3n) is 4.14. The number of imidazole rings is 1. The van der Waals surface area contributed by atoms with Crippen LogP contribution in [0.15, 0.2) is 6.33 Å². The second-order valence-electron chi connectivity index (χ2n) is 5.70. The van der Waals surface area contributed by atoms with Crippen molar-refractivity contribution in [2.24, 2.45) is 0 Å². The van der Waals surface area contributed by atoms with Crippen LogP contribution in [0.2, 0.25) is 0 Å². The van der Waals surface area contributed by atoms with Crippen molar-refractivity contribution >= 4 is 15.9 Å². The Hall–Kier alpha value is -0.310. The van der Waals surface area contributed by atoms with Gasteiger partial charge in [0.25, 0.3) is 0 Å². The Labute approximate surface area is 126 Å². The lowest BCUT2D eigenvalue weighted by Crippen LogP contribution is -2.08. The van der Waals surface area contributed by atoms with Gasteiger partial charge in [0.05, 0.1) is 12.0 Å². The number of rotatable bonds is 9. The molecule has 1 aliphatic carbocycles. The molecule has 2 nitrogen and oxygen atoms in total. The topological polar surface area (TPSA) is 17.8 Å². The molecule has 1 heterocycles.